The van der Waals surface area contributed by atoms with Gasteiger partial charge in [0, 0.05) is 50.4 Å². The number of fused-ring (bicyclic) bond motifs is 2. The van der Waals surface area contributed by atoms with E-state index in [4.69, 9.17) is 4.74 Å². The van der Waals surface area contributed by atoms with Crippen LogP contribution in [0.3, 0.4) is 0 Å². The monoisotopic (exact) mass is 396 g/mol. The molecule has 7 heteroatoms. The lowest BCUT2D eigenvalue weighted by Crippen LogP contribution is -2.54. The number of imidazole rings is 1. The molecule has 1 spiro atoms. The molecule has 0 radical (unpaired) electrons. The highest BCUT2D eigenvalue weighted by Crippen LogP contribution is 2.40. The lowest BCUT2D eigenvalue weighted by Gasteiger charge is -2.45. The van der Waals surface area contributed by atoms with Gasteiger partial charge in [0.25, 0.3) is 5.91 Å². The van der Waals surface area contributed by atoms with E-state index in [0.29, 0.717) is 44.8 Å². The Morgan fingerprint density at radius 1 is 1.24 bits per heavy atom. The number of nitrogens with zero attached hydrogens (tertiary/aromatic N) is 3. The fourth-order valence-corrected chi connectivity index (χ4v) is 4.21. The third kappa shape index (κ3) is 4.05. The van der Waals surface area contributed by atoms with E-state index in [9.17, 15) is 9.59 Å². The lowest BCUT2D eigenvalue weighted by atomic mass is 9.88. The van der Waals surface area contributed by atoms with Crippen molar-refractivity contribution >= 4 is 17.5 Å². The van der Waals surface area contributed by atoms with Crippen molar-refractivity contribution in [2.45, 2.75) is 51.4 Å². The Labute approximate surface area is 171 Å². The van der Waals surface area contributed by atoms with Crippen molar-refractivity contribution < 1.29 is 14.3 Å². The van der Waals surface area contributed by atoms with Gasteiger partial charge in [-0.15, -0.1) is 0 Å². The van der Waals surface area contributed by atoms with Gasteiger partial charge < -0.3 is 19.5 Å². The van der Waals surface area contributed by atoms with Crippen LogP contribution in [0, 0.1) is 5.92 Å². The van der Waals surface area contributed by atoms with Gasteiger partial charge in [-0.2, -0.15) is 0 Å². The predicted molar refractivity (Wildman–Crippen MR) is 109 cm³/mol. The minimum atomic E-state index is -0.630. The molecule has 0 saturated carbocycles. The van der Waals surface area contributed by atoms with Crippen LogP contribution in [0.4, 0.5) is 5.69 Å². The van der Waals surface area contributed by atoms with Crippen LogP contribution in [0.5, 0.6) is 0 Å². The predicted octanol–water partition coefficient (Wildman–Crippen LogP) is 2.78. The highest BCUT2D eigenvalue weighted by Gasteiger charge is 2.47. The molecule has 1 aromatic heterocycles. The first kappa shape index (κ1) is 19.6. The van der Waals surface area contributed by atoms with E-state index in [1.807, 2.05) is 46.0 Å². The Balaban J connectivity index is 1.49. The summed E-state index contributed by atoms with van der Waals surface area (Å²) in [5, 5.41) is 2.94. The number of likely N-dealkylation sites (tertiary alicyclic amines) is 1. The normalized spacial score (nSPS) is 20.5. The molecule has 1 saturated heterocycles. The summed E-state index contributed by atoms with van der Waals surface area (Å²) >= 11 is 0. The summed E-state index contributed by atoms with van der Waals surface area (Å²) in [7, 11) is 0. The van der Waals surface area contributed by atoms with Crippen LogP contribution >= 0.6 is 0 Å². The first-order valence-corrected chi connectivity index (χ1v) is 10.3. The Kier molecular flexibility index (Phi) is 5.41. The molecule has 4 rings (SSSR count). The molecule has 2 aromatic rings. The number of hydrogen-bond donors (Lipinski definition) is 1. The van der Waals surface area contributed by atoms with E-state index in [-0.39, 0.29) is 11.8 Å². The van der Waals surface area contributed by atoms with Crippen LogP contribution in [0.25, 0.3) is 0 Å². The van der Waals surface area contributed by atoms with Crippen molar-refractivity contribution in [1.29, 1.82) is 0 Å². The Hall–Kier alpha value is -2.67. The van der Waals surface area contributed by atoms with Crippen LogP contribution in [-0.4, -0.2) is 45.5 Å². The molecule has 1 aromatic carbocycles. The smallest absolute Gasteiger partial charge is 0.255 e. The molecular formula is C22H28N4O3. The van der Waals surface area contributed by atoms with E-state index in [2.05, 4.69) is 24.1 Å². The second kappa shape index (κ2) is 7.99. The van der Waals surface area contributed by atoms with Crippen LogP contribution in [0.1, 0.15) is 38.9 Å². The van der Waals surface area contributed by atoms with Crippen molar-refractivity contribution in [1.82, 2.24) is 14.5 Å². The zero-order chi connectivity index (χ0) is 20.4. The molecule has 0 aliphatic carbocycles. The average Bonchev–Trinajstić information content (AvgIpc) is 3.18. The highest BCUT2D eigenvalue weighted by molar-refractivity contribution is 5.94. The molecule has 2 aliphatic rings. The number of para-hydroxylation sites is 1. The van der Waals surface area contributed by atoms with E-state index >= 15 is 0 Å². The molecule has 154 valence electrons. The number of carbonyl (C=O) groups excluding carboxylic acids is 2. The molecular weight excluding hydrogens is 368 g/mol. The van der Waals surface area contributed by atoms with Crippen molar-refractivity contribution in [3.8, 4) is 0 Å². The molecule has 1 fully saturated rings. The number of carbonyl (C=O) groups is 2. The molecule has 29 heavy (non-hydrogen) atoms. The summed E-state index contributed by atoms with van der Waals surface area (Å²) in [5.41, 5.74) is 0.121. The number of rotatable bonds is 4. The Morgan fingerprint density at radius 3 is 2.66 bits per heavy atom. The van der Waals surface area contributed by atoms with Crippen molar-refractivity contribution in [2.24, 2.45) is 5.92 Å². The molecule has 1 N–H and O–H groups in total. The second-order valence-corrected chi connectivity index (χ2v) is 8.34. The maximum Gasteiger partial charge on any atom is 0.255 e. The second-order valence-electron chi connectivity index (χ2n) is 8.34. The largest absolute Gasteiger partial charge is 0.352 e. The number of aromatic nitrogens is 2. The van der Waals surface area contributed by atoms with Gasteiger partial charge >= 0.3 is 0 Å². The molecule has 2 aliphatic heterocycles. The standard InChI is InChI=1S/C22H28N4O3/c1-16(2)14-19(27)25-11-8-22(9-12-25)21-23-10-13-26(21)15-18(29-22)20(28)24-17-6-4-3-5-7-17/h3-7,10,13,16,18H,8-9,11-12,14-15H2,1-2H3,(H,24,28)/t18-/m0/s1. The quantitative estimate of drug-likeness (QED) is 0.862. The van der Waals surface area contributed by atoms with Gasteiger partial charge in [-0.25, -0.2) is 4.98 Å². The average molecular weight is 396 g/mol. The Bertz CT molecular complexity index is 869. The number of ether oxygens (including phenoxy) is 1. The van der Waals surface area contributed by atoms with E-state index < -0.39 is 11.7 Å². The minimum Gasteiger partial charge on any atom is -0.352 e. The van der Waals surface area contributed by atoms with E-state index in [1.165, 1.54) is 0 Å². The maximum atomic E-state index is 12.9. The third-order valence-electron chi connectivity index (χ3n) is 5.69. The molecule has 1 atom stereocenters. The number of hydrogen-bond acceptors (Lipinski definition) is 4. The van der Waals surface area contributed by atoms with Gasteiger partial charge in [0.15, 0.2) is 6.10 Å². The first-order valence-electron chi connectivity index (χ1n) is 10.3. The minimum absolute atomic E-state index is 0.159. The number of piperidine rings is 1. The van der Waals surface area contributed by atoms with Crippen LogP contribution in [0.2, 0.25) is 0 Å². The fourth-order valence-electron chi connectivity index (χ4n) is 4.21. The molecule has 0 bridgehead atoms. The number of benzene rings is 1. The summed E-state index contributed by atoms with van der Waals surface area (Å²) in [5.74, 6) is 1.23. The summed E-state index contributed by atoms with van der Waals surface area (Å²) < 4.78 is 8.43. The summed E-state index contributed by atoms with van der Waals surface area (Å²) in [4.78, 5) is 31.8. The van der Waals surface area contributed by atoms with Gasteiger partial charge in [-0.1, -0.05) is 32.0 Å². The summed E-state index contributed by atoms with van der Waals surface area (Å²) in [6.45, 7) is 5.78. The van der Waals surface area contributed by atoms with Crippen LogP contribution in [0.15, 0.2) is 42.7 Å². The summed E-state index contributed by atoms with van der Waals surface area (Å²) in [6.07, 6.45) is 4.90. The van der Waals surface area contributed by atoms with Gasteiger partial charge in [0.2, 0.25) is 5.91 Å². The zero-order valence-electron chi connectivity index (χ0n) is 17.0. The number of nitrogens with one attached hydrogen (secondary N) is 1. The van der Waals surface area contributed by atoms with E-state index in [1.54, 1.807) is 6.20 Å². The third-order valence-corrected chi connectivity index (χ3v) is 5.69. The molecule has 0 unspecified atom stereocenters. The van der Waals surface area contributed by atoms with Crippen LogP contribution in [-0.2, 0) is 26.5 Å². The van der Waals surface area contributed by atoms with Gasteiger partial charge in [-0.3, -0.25) is 9.59 Å². The number of anilines is 1. The summed E-state index contributed by atoms with van der Waals surface area (Å²) in [6, 6.07) is 9.40. The number of amides is 2. The molecule has 7 nitrogen and oxygen atoms in total. The van der Waals surface area contributed by atoms with Gasteiger partial charge in [-0.05, 0) is 18.1 Å². The fraction of sp³-hybridized carbons (Fsp3) is 0.500. The van der Waals surface area contributed by atoms with Crippen molar-refractivity contribution in [3.63, 3.8) is 0 Å². The molecule has 2 amide bonds. The first-order chi connectivity index (χ1) is 14.0. The van der Waals surface area contributed by atoms with Crippen LogP contribution < -0.4 is 5.32 Å². The molecule has 3 heterocycles. The SMILES string of the molecule is CC(C)CC(=O)N1CCC2(CC1)O[C@H](C(=O)Nc1ccccc1)Cn1ccnc12. The Morgan fingerprint density at radius 2 is 1.97 bits per heavy atom. The van der Waals surface area contributed by atoms with E-state index in [0.717, 1.165) is 11.5 Å². The zero-order valence-corrected chi connectivity index (χ0v) is 17.0. The lowest BCUT2D eigenvalue weighted by molar-refractivity contribution is -0.172. The van der Waals surface area contributed by atoms with Crippen molar-refractivity contribution in [2.75, 3.05) is 18.4 Å². The topological polar surface area (TPSA) is 76.5 Å². The van der Waals surface area contributed by atoms with Gasteiger partial charge in [0.05, 0.1) is 6.54 Å². The maximum absolute atomic E-state index is 12.9. The highest BCUT2D eigenvalue weighted by atomic mass is 16.5. The van der Waals surface area contributed by atoms with Crippen molar-refractivity contribution in [3.05, 3.63) is 48.5 Å². The van der Waals surface area contributed by atoms with Gasteiger partial charge in [0.1, 0.15) is 11.4 Å².